The minimum absolute atomic E-state index is 0.0220. The predicted octanol–water partition coefficient (Wildman–Crippen LogP) is 5.14. The first-order valence-corrected chi connectivity index (χ1v) is 19.8. The van der Waals surface area contributed by atoms with Gasteiger partial charge in [0.2, 0.25) is 15.9 Å². The Morgan fingerprint density at radius 2 is 1.59 bits per heavy atom. The van der Waals surface area contributed by atoms with Crippen LogP contribution in [0.25, 0.3) is 0 Å². The first-order valence-electron chi connectivity index (χ1n) is 17.1. The highest BCUT2D eigenvalue weighted by Gasteiger charge is 2.42. The van der Waals surface area contributed by atoms with Crippen LogP contribution in [0.15, 0.2) is 82.6 Å². The number of aliphatic hydroxyl groups excluding tert-OH is 1. The van der Waals surface area contributed by atoms with Gasteiger partial charge in [-0.15, -0.1) is 11.8 Å². The summed E-state index contributed by atoms with van der Waals surface area (Å²) >= 11 is 1.34. The van der Waals surface area contributed by atoms with Gasteiger partial charge in [-0.2, -0.15) is 0 Å². The number of anilines is 2. The lowest BCUT2D eigenvalue weighted by molar-refractivity contribution is -0.145. The Kier molecular flexibility index (Phi) is 13.9. The van der Waals surface area contributed by atoms with Gasteiger partial charge in [0.25, 0.3) is 5.91 Å². The average molecular weight is 741 g/mol. The molecule has 5 N–H and O–H groups in total. The summed E-state index contributed by atoms with van der Waals surface area (Å²) in [6, 6.07) is 18.2. The van der Waals surface area contributed by atoms with Crippen molar-refractivity contribution < 1.29 is 37.8 Å². The summed E-state index contributed by atoms with van der Waals surface area (Å²) in [4.78, 5) is 40.9. The SMILES string of the molecule is CCCCC1(CCCC)CN(c2ccccc2)c2cc(SC)c(OCC(=O)N[C@@H](C(=O)N[C@H](C(=O)O)[C@@H](C)O)c3ccccc3)cc2S(=O)(=O)N1. The van der Waals surface area contributed by atoms with Crippen LogP contribution in [0.3, 0.4) is 0 Å². The number of benzene rings is 3. The molecule has 1 aliphatic rings. The maximum absolute atomic E-state index is 14.3. The van der Waals surface area contributed by atoms with E-state index in [2.05, 4.69) is 34.1 Å². The molecule has 3 atom stereocenters. The standard InChI is InChI=1S/C37H48N4O8S2/c1-5-7-19-37(20-8-6-2)24-41(27-17-13-10-14-18-27)28-21-30(50-4)29(22-31(28)51(47,48)40-37)49-23-32(43)38-34(26-15-11-9-12-16-26)35(44)39-33(25(3)42)36(45)46/h9-18,21-22,25,33-34,40,42H,5-8,19-20,23-24H2,1-4H3,(H,38,43)(H,39,44)(H,45,46)/t25-,33+,34-/m1/s1. The Morgan fingerprint density at radius 3 is 2.14 bits per heavy atom. The van der Waals surface area contributed by atoms with Crippen LogP contribution in [0.2, 0.25) is 0 Å². The number of ether oxygens (including phenoxy) is 1. The molecule has 276 valence electrons. The Labute approximate surface area is 304 Å². The van der Waals surface area contributed by atoms with Crippen LogP contribution in [-0.4, -0.2) is 73.5 Å². The summed E-state index contributed by atoms with van der Waals surface area (Å²) in [6.07, 6.45) is 5.29. The second-order valence-electron chi connectivity index (χ2n) is 12.8. The molecule has 0 aromatic heterocycles. The van der Waals surface area contributed by atoms with Crippen LogP contribution in [0, 0.1) is 0 Å². The van der Waals surface area contributed by atoms with Crippen LogP contribution < -0.4 is 25.0 Å². The normalized spacial score (nSPS) is 16.5. The summed E-state index contributed by atoms with van der Waals surface area (Å²) in [5.41, 5.74) is 0.999. The molecule has 0 fully saturated rings. The highest BCUT2D eigenvalue weighted by molar-refractivity contribution is 7.98. The smallest absolute Gasteiger partial charge is 0.328 e. The molecule has 0 saturated heterocycles. The second kappa shape index (κ2) is 17.9. The maximum Gasteiger partial charge on any atom is 0.328 e. The number of rotatable bonds is 17. The van der Waals surface area contributed by atoms with Crippen molar-refractivity contribution >= 4 is 50.9 Å². The molecule has 12 nitrogen and oxygen atoms in total. The van der Waals surface area contributed by atoms with E-state index in [0.29, 0.717) is 35.5 Å². The molecule has 3 aromatic carbocycles. The number of carbonyl (C=O) groups excluding carboxylic acids is 2. The van der Waals surface area contributed by atoms with E-state index in [-0.39, 0.29) is 10.6 Å². The maximum atomic E-state index is 14.3. The summed E-state index contributed by atoms with van der Waals surface area (Å²) in [5, 5.41) is 24.3. The molecule has 1 aliphatic heterocycles. The lowest BCUT2D eigenvalue weighted by Gasteiger charge is -2.37. The molecule has 0 unspecified atom stereocenters. The lowest BCUT2D eigenvalue weighted by atomic mass is 9.87. The average Bonchev–Trinajstić information content (AvgIpc) is 3.21. The van der Waals surface area contributed by atoms with E-state index in [1.54, 1.807) is 36.4 Å². The zero-order valence-corrected chi connectivity index (χ0v) is 31.1. The van der Waals surface area contributed by atoms with Crippen LogP contribution in [0.4, 0.5) is 11.4 Å². The Hall–Kier alpha value is -4.11. The Balaban J connectivity index is 1.68. The molecule has 0 spiro atoms. The van der Waals surface area contributed by atoms with Crippen LogP contribution in [0.1, 0.15) is 70.9 Å². The molecule has 0 aliphatic carbocycles. The number of thioether (sulfide) groups is 1. The zero-order valence-electron chi connectivity index (χ0n) is 29.4. The predicted molar refractivity (Wildman–Crippen MR) is 198 cm³/mol. The molecule has 14 heteroatoms. The number of nitrogens with one attached hydrogen (secondary N) is 3. The molecule has 0 radical (unpaired) electrons. The summed E-state index contributed by atoms with van der Waals surface area (Å²) in [5.74, 6) is -2.82. The van der Waals surface area contributed by atoms with Crippen molar-refractivity contribution in [2.45, 2.75) is 92.8 Å². The van der Waals surface area contributed by atoms with E-state index in [9.17, 15) is 33.0 Å². The molecule has 2 amide bonds. The van der Waals surface area contributed by atoms with Gasteiger partial charge in [-0.1, -0.05) is 88.1 Å². The number of nitrogens with zero attached hydrogens (tertiary/aromatic N) is 1. The first-order chi connectivity index (χ1) is 24.3. The number of unbranched alkanes of at least 4 members (excludes halogenated alkanes) is 2. The number of aliphatic carboxylic acids is 1. The van der Waals surface area contributed by atoms with Crippen molar-refractivity contribution in [3.05, 3.63) is 78.4 Å². The minimum Gasteiger partial charge on any atom is -0.483 e. The monoisotopic (exact) mass is 740 g/mol. The highest BCUT2D eigenvalue weighted by atomic mass is 32.2. The van der Waals surface area contributed by atoms with Gasteiger partial charge in [-0.3, -0.25) is 9.59 Å². The summed E-state index contributed by atoms with van der Waals surface area (Å²) in [6.45, 7) is 5.26. The number of para-hydroxylation sites is 1. The van der Waals surface area contributed by atoms with E-state index >= 15 is 0 Å². The molecule has 4 rings (SSSR count). The van der Waals surface area contributed by atoms with Crippen LogP contribution >= 0.6 is 11.8 Å². The molecule has 0 bridgehead atoms. The van der Waals surface area contributed by atoms with Gasteiger partial charge in [-0.05, 0) is 49.8 Å². The minimum atomic E-state index is -4.07. The number of hydrogen-bond donors (Lipinski definition) is 5. The number of aliphatic hydroxyl groups is 1. The number of carboxylic acids is 1. The van der Waals surface area contributed by atoms with Gasteiger partial charge >= 0.3 is 5.97 Å². The molecule has 3 aromatic rings. The van der Waals surface area contributed by atoms with Crippen molar-refractivity contribution in [1.29, 1.82) is 0 Å². The number of carbonyl (C=O) groups is 3. The molecule has 51 heavy (non-hydrogen) atoms. The third-order valence-corrected chi connectivity index (χ3v) is 11.2. The second-order valence-corrected chi connectivity index (χ2v) is 15.2. The number of fused-ring (bicyclic) bond motifs is 1. The van der Waals surface area contributed by atoms with E-state index < -0.39 is 58.1 Å². The fraction of sp³-hybridized carbons (Fsp3) is 0.432. The fourth-order valence-corrected chi connectivity index (χ4v) is 8.36. The van der Waals surface area contributed by atoms with Crippen molar-refractivity contribution in [2.24, 2.45) is 0 Å². The van der Waals surface area contributed by atoms with E-state index in [1.165, 1.54) is 24.8 Å². The molecule has 0 saturated carbocycles. The van der Waals surface area contributed by atoms with Crippen LogP contribution in [-0.2, 0) is 24.4 Å². The number of carboxylic acid groups (broad SMARTS) is 1. The van der Waals surface area contributed by atoms with E-state index in [0.717, 1.165) is 31.4 Å². The van der Waals surface area contributed by atoms with Gasteiger partial charge in [0.05, 0.1) is 22.2 Å². The third kappa shape index (κ3) is 10.0. The number of sulfonamides is 1. The number of amides is 2. The van der Waals surface area contributed by atoms with Crippen molar-refractivity contribution in [1.82, 2.24) is 15.4 Å². The fourth-order valence-electron chi connectivity index (χ4n) is 6.16. The van der Waals surface area contributed by atoms with Gasteiger partial charge < -0.3 is 30.5 Å². The van der Waals surface area contributed by atoms with Gasteiger partial charge in [0.1, 0.15) is 16.7 Å². The lowest BCUT2D eigenvalue weighted by Crippen LogP contribution is -2.53. The van der Waals surface area contributed by atoms with Gasteiger partial charge in [0.15, 0.2) is 12.6 Å². The van der Waals surface area contributed by atoms with Crippen molar-refractivity contribution in [2.75, 3.05) is 24.3 Å². The topological polar surface area (TPSA) is 174 Å². The van der Waals surface area contributed by atoms with Gasteiger partial charge in [0, 0.05) is 18.3 Å². The zero-order chi connectivity index (χ0) is 37.2. The number of hydrogen-bond acceptors (Lipinski definition) is 9. The Bertz CT molecular complexity index is 1750. The van der Waals surface area contributed by atoms with E-state index in [1.807, 2.05) is 36.6 Å². The quantitative estimate of drug-likeness (QED) is 0.117. The largest absolute Gasteiger partial charge is 0.483 e. The molecular weight excluding hydrogens is 693 g/mol. The third-order valence-electron chi connectivity index (χ3n) is 8.83. The summed E-state index contributed by atoms with van der Waals surface area (Å²) < 4.78 is 37.6. The first kappa shape index (κ1) is 39.7. The molecule has 1 heterocycles. The van der Waals surface area contributed by atoms with Crippen LogP contribution in [0.5, 0.6) is 5.75 Å². The summed E-state index contributed by atoms with van der Waals surface area (Å²) in [7, 11) is -4.07. The van der Waals surface area contributed by atoms with Crippen molar-refractivity contribution in [3.8, 4) is 5.75 Å². The highest BCUT2D eigenvalue weighted by Crippen LogP contribution is 2.44. The Morgan fingerprint density at radius 1 is 0.980 bits per heavy atom. The van der Waals surface area contributed by atoms with Gasteiger partial charge in [-0.25, -0.2) is 17.9 Å². The molecular formula is C37H48N4O8S2. The van der Waals surface area contributed by atoms with Crippen molar-refractivity contribution in [3.63, 3.8) is 0 Å². The van der Waals surface area contributed by atoms with E-state index in [4.69, 9.17) is 4.74 Å².